The topological polar surface area (TPSA) is 68.5 Å². The highest BCUT2D eigenvalue weighted by atomic mass is 32.2. The summed E-state index contributed by atoms with van der Waals surface area (Å²) in [5.74, 6) is 1.73. The molecule has 3 aromatic carbocycles. The lowest BCUT2D eigenvalue weighted by Gasteiger charge is -2.21. The fourth-order valence-electron chi connectivity index (χ4n) is 3.68. The highest BCUT2D eigenvalue weighted by Crippen LogP contribution is 2.42. The molecule has 1 aliphatic heterocycles. The SMILES string of the molecule is CCN1C(=O)c2ccccc2Sc2cc(-c3noc(C=Cc4ccc(OC)cc4)n3)ccc21. The first-order chi connectivity index (χ1) is 16.2. The predicted molar refractivity (Wildman–Crippen MR) is 130 cm³/mol. The molecule has 6 nitrogen and oxygen atoms in total. The van der Waals surface area contributed by atoms with Crippen LogP contribution in [0.2, 0.25) is 0 Å². The van der Waals surface area contributed by atoms with E-state index in [-0.39, 0.29) is 5.91 Å². The largest absolute Gasteiger partial charge is 0.497 e. The van der Waals surface area contributed by atoms with Gasteiger partial charge >= 0.3 is 0 Å². The Morgan fingerprint density at radius 1 is 1.03 bits per heavy atom. The number of hydrogen-bond donors (Lipinski definition) is 0. The van der Waals surface area contributed by atoms with Gasteiger partial charge in [0.15, 0.2) is 0 Å². The van der Waals surface area contributed by atoms with Crippen molar-refractivity contribution in [3.63, 3.8) is 0 Å². The molecule has 33 heavy (non-hydrogen) atoms. The summed E-state index contributed by atoms with van der Waals surface area (Å²) in [5.41, 5.74) is 3.43. The smallest absolute Gasteiger partial charge is 0.259 e. The summed E-state index contributed by atoms with van der Waals surface area (Å²) in [6.07, 6.45) is 3.69. The minimum Gasteiger partial charge on any atom is -0.497 e. The molecule has 2 heterocycles. The van der Waals surface area contributed by atoms with E-state index in [0.717, 1.165) is 32.4 Å². The highest BCUT2D eigenvalue weighted by molar-refractivity contribution is 7.99. The third kappa shape index (κ3) is 4.15. The van der Waals surface area contributed by atoms with Crippen molar-refractivity contribution in [2.75, 3.05) is 18.6 Å². The summed E-state index contributed by atoms with van der Waals surface area (Å²) in [7, 11) is 1.64. The van der Waals surface area contributed by atoms with Crippen LogP contribution in [0.4, 0.5) is 5.69 Å². The Labute approximate surface area is 195 Å². The highest BCUT2D eigenvalue weighted by Gasteiger charge is 2.26. The van der Waals surface area contributed by atoms with Gasteiger partial charge in [-0.2, -0.15) is 4.98 Å². The van der Waals surface area contributed by atoms with Crippen LogP contribution >= 0.6 is 11.8 Å². The molecule has 0 atom stereocenters. The monoisotopic (exact) mass is 455 g/mol. The number of ether oxygens (including phenoxy) is 1. The van der Waals surface area contributed by atoms with Crippen molar-refractivity contribution in [1.82, 2.24) is 10.1 Å². The summed E-state index contributed by atoms with van der Waals surface area (Å²) in [5, 5.41) is 4.15. The number of aromatic nitrogens is 2. The first-order valence-corrected chi connectivity index (χ1v) is 11.4. The van der Waals surface area contributed by atoms with Crippen molar-refractivity contribution in [1.29, 1.82) is 0 Å². The summed E-state index contributed by atoms with van der Waals surface area (Å²) >= 11 is 1.58. The van der Waals surface area contributed by atoms with Crippen molar-refractivity contribution in [2.45, 2.75) is 16.7 Å². The maximum Gasteiger partial charge on any atom is 0.259 e. The summed E-state index contributed by atoms with van der Waals surface area (Å²) in [6, 6.07) is 21.3. The van der Waals surface area contributed by atoms with Crippen molar-refractivity contribution in [3.05, 3.63) is 83.7 Å². The average Bonchev–Trinajstić information content (AvgIpc) is 3.29. The van der Waals surface area contributed by atoms with E-state index in [1.165, 1.54) is 0 Å². The van der Waals surface area contributed by atoms with Crippen LogP contribution in [-0.4, -0.2) is 29.7 Å². The van der Waals surface area contributed by atoms with Gasteiger partial charge in [-0.05, 0) is 61.0 Å². The number of methoxy groups -OCH3 is 1. The molecule has 0 saturated heterocycles. The number of fused-ring (bicyclic) bond motifs is 2. The molecule has 1 aliphatic rings. The first-order valence-electron chi connectivity index (χ1n) is 10.6. The second kappa shape index (κ2) is 8.96. The molecular weight excluding hydrogens is 434 g/mol. The number of carbonyl (C=O) groups is 1. The molecule has 0 fully saturated rings. The van der Waals surface area contributed by atoms with Gasteiger partial charge in [-0.3, -0.25) is 4.79 Å². The molecule has 5 rings (SSSR count). The Bertz CT molecular complexity index is 1350. The Kier molecular flexibility index (Phi) is 5.71. The minimum atomic E-state index is 0.0117. The third-order valence-electron chi connectivity index (χ3n) is 5.38. The number of carbonyl (C=O) groups excluding carboxylic acids is 1. The van der Waals surface area contributed by atoms with Crippen LogP contribution in [0.25, 0.3) is 23.5 Å². The second-order valence-electron chi connectivity index (χ2n) is 7.39. The molecule has 0 N–H and O–H groups in total. The van der Waals surface area contributed by atoms with E-state index in [1.54, 1.807) is 29.8 Å². The van der Waals surface area contributed by atoms with Gasteiger partial charge in [0.25, 0.3) is 11.8 Å². The molecular formula is C26H21N3O3S. The predicted octanol–water partition coefficient (Wildman–Crippen LogP) is 6.05. The van der Waals surface area contributed by atoms with Gasteiger partial charge in [0.2, 0.25) is 5.82 Å². The Hall–Kier alpha value is -3.84. The van der Waals surface area contributed by atoms with E-state index in [9.17, 15) is 4.79 Å². The van der Waals surface area contributed by atoms with Crippen LogP contribution in [0.5, 0.6) is 5.75 Å². The van der Waals surface area contributed by atoms with Crippen molar-refractivity contribution in [2.24, 2.45) is 0 Å². The number of amides is 1. The molecule has 4 aromatic rings. The van der Waals surface area contributed by atoms with E-state index in [2.05, 4.69) is 10.1 Å². The number of rotatable bonds is 5. The standard InChI is InChI=1S/C26H21N3O3S/c1-3-29-21-14-11-18(16-23(21)33-22-7-5-4-6-20(22)26(29)30)25-27-24(32-28-25)15-10-17-8-12-19(31-2)13-9-17/h4-16H,3H2,1-2H3. The van der Waals surface area contributed by atoms with Crippen molar-refractivity contribution in [3.8, 4) is 17.1 Å². The van der Waals surface area contributed by atoms with Crippen LogP contribution in [0.3, 0.4) is 0 Å². The quantitative estimate of drug-likeness (QED) is 0.365. The summed E-state index contributed by atoms with van der Waals surface area (Å²) in [6.45, 7) is 2.57. The molecule has 0 spiro atoms. The van der Waals surface area contributed by atoms with Gasteiger partial charge in [0.1, 0.15) is 5.75 Å². The molecule has 0 radical (unpaired) electrons. The van der Waals surface area contributed by atoms with Crippen LogP contribution in [0, 0.1) is 0 Å². The van der Waals surface area contributed by atoms with E-state index < -0.39 is 0 Å². The van der Waals surface area contributed by atoms with Crippen molar-refractivity contribution < 1.29 is 14.1 Å². The van der Waals surface area contributed by atoms with E-state index in [4.69, 9.17) is 9.26 Å². The number of anilines is 1. The Balaban J connectivity index is 1.44. The summed E-state index contributed by atoms with van der Waals surface area (Å²) in [4.78, 5) is 21.3. The zero-order valence-electron chi connectivity index (χ0n) is 18.2. The molecule has 0 saturated carbocycles. The molecule has 0 aliphatic carbocycles. The summed E-state index contributed by atoms with van der Waals surface area (Å²) < 4.78 is 10.6. The number of hydrogen-bond acceptors (Lipinski definition) is 6. The van der Waals surface area contributed by atoms with Crippen LogP contribution in [0.1, 0.15) is 28.7 Å². The zero-order valence-corrected chi connectivity index (χ0v) is 19.0. The third-order valence-corrected chi connectivity index (χ3v) is 6.51. The van der Waals surface area contributed by atoms with Gasteiger partial charge in [-0.1, -0.05) is 41.2 Å². The van der Waals surface area contributed by atoms with Gasteiger partial charge in [-0.15, -0.1) is 0 Å². The lowest BCUT2D eigenvalue weighted by molar-refractivity contribution is 0.0985. The van der Waals surface area contributed by atoms with Gasteiger partial charge in [0, 0.05) is 28.0 Å². The zero-order chi connectivity index (χ0) is 22.8. The van der Waals surface area contributed by atoms with E-state index >= 15 is 0 Å². The van der Waals surface area contributed by atoms with Gasteiger partial charge in [0.05, 0.1) is 18.4 Å². The van der Waals surface area contributed by atoms with Gasteiger partial charge in [-0.25, -0.2) is 0 Å². The van der Waals surface area contributed by atoms with Gasteiger partial charge < -0.3 is 14.2 Å². The van der Waals surface area contributed by atoms with Crippen LogP contribution in [-0.2, 0) is 0 Å². The molecule has 164 valence electrons. The number of nitrogens with zero attached hydrogens (tertiary/aromatic N) is 3. The lowest BCUT2D eigenvalue weighted by Crippen LogP contribution is -2.30. The van der Waals surface area contributed by atoms with Crippen molar-refractivity contribution >= 4 is 35.5 Å². The lowest BCUT2D eigenvalue weighted by atomic mass is 10.1. The fraction of sp³-hybridized carbons (Fsp3) is 0.115. The van der Waals surface area contributed by atoms with E-state index in [1.807, 2.05) is 79.7 Å². The molecule has 1 amide bonds. The van der Waals surface area contributed by atoms with Crippen LogP contribution in [0.15, 0.2) is 81.0 Å². The first kappa shape index (κ1) is 21.0. The maximum absolute atomic E-state index is 13.1. The Morgan fingerprint density at radius 3 is 2.64 bits per heavy atom. The van der Waals surface area contributed by atoms with E-state index in [0.29, 0.717) is 23.8 Å². The minimum absolute atomic E-state index is 0.0117. The second-order valence-corrected chi connectivity index (χ2v) is 8.48. The molecule has 0 bridgehead atoms. The Morgan fingerprint density at radius 2 is 1.85 bits per heavy atom. The maximum atomic E-state index is 13.1. The molecule has 7 heteroatoms. The number of benzene rings is 3. The molecule has 0 unspecified atom stereocenters. The average molecular weight is 456 g/mol. The van der Waals surface area contributed by atoms with Crippen LogP contribution < -0.4 is 9.64 Å². The fourth-order valence-corrected chi connectivity index (χ4v) is 4.80. The molecule has 1 aromatic heterocycles. The normalized spacial score (nSPS) is 13.0.